The van der Waals surface area contributed by atoms with Crippen molar-refractivity contribution in [2.75, 3.05) is 7.11 Å². The highest BCUT2D eigenvalue weighted by atomic mass is 16.7. The molecule has 9 nitrogen and oxygen atoms in total. The van der Waals surface area contributed by atoms with Gasteiger partial charge in [0.05, 0.1) is 17.6 Å². The number of non-ortho nitro benzene ring substituents is 1. The van der Waals surface area contributed by atoms with Crippen LogP contribution in [0.1, 0.15) is 11.7 Å². The summed E-state index contributed by atoms with van der Waals surface area (Å²) >= 11 is 0. The van der Waals surface area contributed by atoms with Crippen LogP contribution in [0.15, 0.2) is 83.3 Å². The van der Waals surface area contributed by atoms with Gasteiger partial charge in [0.25, 0.3) is 12.0 Å². The number of fused-ring (bicyclic) bond motifs is 10. The highest BCUT2D eigenvalue weighted by Gasteiger charge is 2.46. The largest absolute Gasteiger partial charge is 0.504 e. The highest BCUT2D eigenvalue weighted by Crippen LogP contribution is 2.57. The molecule has 0 saturated heterocycles. The van der Waals surface area contributed by atoms with Gasteiger partial charge in [-0.15, -0.1) is 0 Å². The van der Waals surface area contributed by atoms with Crippen molar-refractivity contribution in [2.24, 2.45) is 0 Å². The van der Waals surface area contributed by atoms with E-state index in [0.29, 0.717) is 45.1 Å². The number of nitrogens with zero attached hydrogens (tertiary/aromatic N) is 1. The normalized spacial score (nSPS) is 17.0. The Balaban J connectivity index is 1.29. The molecule has 1 aromatic heterocycles. The van der Waals surface area contributed by atoms with Gasteiger partial charge in [-0.3, -0.25) is 10.1 Å². The summed E-state index contributed by atoms with van der Waals surface area (Å²) in [6.45, 7) is 0. The third-order valence-electron chi connectivity index (χ3n) is 7.55. The number of hydrogen-bond acceptors (Lipinski definition) is 8. The molecule has 2 aliphatic rings. The van der Waals surface area contributed by atoms with E-state index in [9.17, 15) is 15.2 Å². The fraction of sp³-hybridized carbons (Fsp3) is 0.0968. The summed E-state index contributed by atoms with van der Waals surface area (Å²) in [5.41, 5.74) is 1.33. The molecule has 0 fully saturated rings. The van der Waals surface area contributed by atoms with Crippen LogP contribution in [-0.2, 0) is 0 Å². The Kier molecular flexibility index (Phi) is 4.52. The third kappa shape index (κ3) is 2.97. The van der Waals surface area contributed by atoms with Crippen LogP contribution >= 0.6 is 0 Å². The van der Waals surface area contributed by atoms with E-state index in [2.05, 4.69) is 12.1 Å². The van der Waals surface area contributed by atoms with Crippen LogP contribution in [0.3, 0.4) is 0 Å². The highest BCUT2D eigenvalue weighted by molar-refractivity contribution is 6.14. The molecule has 0 amide bonds. The predicted octanol–water partition coefficient (Wildman–Crippen LogP) is 7.26. The number of nitro benzene ring substituents is 1. The molecule has 0 bridgehead atoms. The molecule has 6 aromatic rings. The molecule has 0 saturated carbocycles. The lowest BCUT2D eigenvalue weighted by Crippen LogP contribution is -2.33. The number of aromatic hydroxyl groups is 1. The Morgan fingerprint density at radius 1 is 0.850 bits per heavy atom. The first kappa shape index (κ1) is 22.5. The molecule has 196 valence electrons. The van der Waals surface area contributed by atoms with Gasteiger partial charge < -0.3 is 28.5 Å². The average molecular weight is 533 g/mol. The second-order valence-corrected chi connectivity index (χ2v) is 9.67. The molecular formula is C31H19NO8. The summed E-state index contributed by atoms with van der Waals surface area (Å²) in [7, 11) is 1.50. The molecule has 2 atom stereocenters. The fourth-order valence-corrected chi connectivity index (χ4v) is 5.79. The molecule has 8 rings (SSSR count). The maximum Gasteiger partial charge on any atom is 0.282 e. The Morgan fingerprint density at radius 3 is 2.10 bits per heavy atom. The van der Waals surface area contributed by atoms with Gasteiger partial charge in [-0.25, -0.2) is 0 Å². The van der Waals surface area contributed by atoms with Crippen molar-refractivity contribution in [3.05, 3.63) is 94.5 Å². The number of rotatable bonds is 3. The molecule has 0 aliphatic carbocycles. The minimum atomic E-state index is -0.788. The monoisotopic (exact) mass is 533 g/mol. The number of benzene rings is 5. The van der Waals surface area contributed by atoms with Gasteiger partial charge in [-0.05, 0) is 22.9 Å². The van der Waals surface area contributed by atoms with Crippen LogP contribution in [0.2, 0.25) is 0 Å². The van der Waals surface area contributed by atoms with Crippen LogP contribution in [0, 0.1) is 10.1 Å². The topological polar surface area (TPSA) is 113 Å². The zero-order chi connectivity index (χ0) is 27.1. The van der Waals surface area contributed by atoms with Crippen LogP contribution in [0.25, 0.3) is 43.8 Å². The van der Waals surface area contributed by atoms with Gasteiger partial charge in [0.15, 0.2) is 23.0 Å². The molecule has 0 spiro atoms. The minimum Gasteiger partial charge on any atom is -0.504 e. The van der Waals surface area contributed by atoms with E-state index in [-0.39, 0.29) is 17.2 Å². The molecule has 5 aromatic carbocycles. The summed E-state index contributed by atoms with van der Waals surface area (Å²) in [6.07, 6.45) is -1.47. The molecule has 3 heterocycles. The molecular weight excluding hydrogens is 514 g/mol. The van der Waals surface area contributed by atoms with Crippen molar-refractivity contribution < 1.29 is 33.4 Å². The van der Waals surface area contributed by atoms with E-state index in [1.165, 1.54) is 31.4 Å². The van der Waals surface area contributed by atoms with Gasteiger partial charge in [0.2, 0.25) is 6.10 Å². The predicted molar refractivity (Wildman–Crippen MR) is 146 cm³/mol. The second kappa shape index (κ2) is 8.03. The smallest absolute Gasteiger partial charge is 0.282 e. The Morgan fingerprint density at radius 2 is 1.48 bits per heavy atom. The summed E-state index contributed by atoms with van der Waals surface area (Å²) in [4.78, 5) is 10.6. The first-order valence-corrected chi connectivity index (χ1v) is 12.6. The Hall–Kier alpha value is -5.44. The summed E-state index contributed by atoms with van der Waals surface area (Å²) in [5, 5.41) is 26.6. The van der Waals surface area contributed by atoms with Crippen molar-refractivity contribution in [1.29, 1.82) is 0 Å². The Labute approximate surface area is 225 Å². The van der Waals surface area contributed by atoms with Crippen molar-refractivity contribution in [2.45, 2.75) is 12.4 Å². The van der Waals surface area contributed by atoms with E-state index in [1.807, 2.05) is 36.4 Å². The SMILES string of the molecule is COc1c2c(cc3oc(-c4ccc([N+](=O)[O-])cc4)c(O)c13)OC1Oc3c(c4ccccc4c4ccccc34)OC21. The minimum absolute atomic E-state index is 0.0645. The molecule has 40 heavy (non-hydrogen) atoms. The van der Waals surface area contributed by atoms with Gasteiger partial charge in [-0.2, -0.15) is 0 Å². The van der Waals surface area contributed by atoms with Crippen molar-refractivity contribution in [1.82, 2.24) is 0 Å². The van der Waals surface area contributed by atoms with E-state index in [0.717, 1.165) is 21.5 Å². The molecule has 0 radical (unpaired) electrons. The van der Waals surface area contributed by atoms with Crippen LogP contribution in [0.5, 0.6) is 28.7 Å². The zero-order valence-corrected chi connectivity index (χ0v) is 20.9. The number of hydrogen-bond donors (Lipinski definition) is 1. The Bertz CT molecular complexity index is 2030. The molecule has 2 aliphatic heterocycles. The van der Waals surface area contributed by atoms with Crippen molar-refractivity contribution in [3.8, 4) is 40.1 Å². The molecule has 9 heteroatoms. The number of methoxy groups -OCH3 is 1. The van der Waals surface area contributed by atoms with Gasteiger partial charge in [-0.1, -0.05) is 48.5 Å². The zero-order valence-electron chi connectivity index (χ0n) is 20.9. The summed E-state index contributed by atoms with van der Waals surface area (Å²) in [5.74, 6) is 2.01. The quantitative estimate of drug-likeness (QED) is 0.144. The van der Waals surface area contributed by atoms with Crippen LogP contribution < -0.4 is 18.9 Å². The van der Waals surface area contributed by atoms with Crippen molar-refractivity contribution in [3.63, 3.8) is 0 Å². The first-order valence-electron chi connectivity index (χ1n) is 12.6. The van der Waals surface area contributed by atoms with Crippen molar-refractivity contribution >= 4 is 38.2 Å². The fourth-order valence-electron chi connectivity index (χ4n) is 5.79. The lowest BCUT2D eigenvalue weighted by atomic mass is 9.98. The summed E-state index contributed by atoms with van der Waals surface area (Å²) < 4.78 is 31.2. The number of furan rings is 1. The van der Waals surface area contributed by atoms with Crippen LogP contribution in [-0.4, -0.2) is 23.4 Å². The first-order chi connectivity index (χ1) is 19.5. The third-order valence-corrected chi connectivity index (χ3v) is 7.55. The number of ether oxygens (including phenoxy) is 4. The van der Waals surface area contributed by atoms with Gasteiger partial charge >= 0.3 is 0 Å². The average Bonchev–Trinajstić information content (AvgIpc) is 3.51. The molecule has 2 unspecified atom stereocenters. The van der Waals surface area contributed by atoms with E-state index < -0.39 is 17.3 Å². The van der Waals surface area contributed by atoms with E-state index in [1.54, 1.807) is 6.07 Å². The lowest BCUT2D eigenvalue weighted by Gasteiger charge is -2.30. The van der Waals surface area contributed by atoms with E-state index >= 15 is 0 Å². The number of nitro groups is 1. The maximum atomic E-state index is 11.3. The second-order valence-electron chi connectivity index (χ2n) is 9.67. The standard InChI is InChI=1S/C31H19NO8/c1-36-29-23-21(37-26(25(23)33)15-10-12-16(13-11-15)32(34)35)14-22-24(29)30-31(38-22)40-28-20-9-5-3-7-18(20)17-6-2-4-8-19(17)27(28)39-30/h2-14,30-31,33H,1H3. The lowest BCUT2D eigenvalue weighted by molar-refractivity contribution is -0.384. The van der Waals surface area contributed by atoms with Gasteiger partial charge in [0, 0.05) is 34.5 Å². The maximum absolute atomic E-state index is 11.3. The van der Waals surface area contributed by atoms with E-state index in [4.69, 9.17) is 23.4 Å². The van der Waals surface area contributed by atoms with Crippen LogP contribution in [0.4, 0.5) is 5.69 Å². The van der Waals surface area contributed by atoms with Gasteiger partial charge in [0.1, 0.15) is 22.5 Å². The summed E-state index contributed by atoms with van der Waals surface area (Å²) in [6, 6.07) is 23.4. The molecule has 1 N–H and O–H groups in total.